The second kappa shape index (κ2) is 9.94. The first-order chi connectivity index (χ1) is 19.1. The van der Waals surface area contributed by atoms with E-state index in [1.54, 1.807) is 29.3 Å². The van der Waals surface area contributed by atoms with Crippen molar-refractivity contribution in [3.63, 3.8) is 0 Å². The lowest BCUT2D eigenvalue weighted by Crippen LogP contribution is -2.27. The van der Waals surface area contributed by atoms with Gasteiger partial charge in [0.2, 0.25) is 0 Å². The molecule has 1 aliphatic rings. The van der Waals surface area contributed by atoms with Gasteiger partial charge in [0, 0.05) is 46.1 Å². The minimum Gasteiger partial charge on any atom is -0.493 e. The van der Waals surface area contributed by atoms with Gasteiger partial charge >= 0.3 is 0 Å². The lowest BCUT2D eigenvalue weighted by Gasteiger charge is -2.30. The van der Waals surface area contributed by atoms with Gasteiger partial charge in [0.15, 0.2) is 5.78 Å². The van der Waals surface area contributed by atoms with Crippen LogP contribution in [0.4, 0.5) is 0 Å². The average molecular weight is 554 g/mol. The van der Waals surface area contributed by atoms with Crippen LogP contribution in [0.2, 0.25) is 0 Å². The molecule has 0 aliphatic carbocycles. The molecule has 1 atom stereocenters. The van der Waals surface area contributed by atoms with Crippen molar-refractivity contribution in [2.75, 3.05) is 6.61 Å². The fourth-order valence-electron chi connectivity index (χ4n) is 5.66. The SMILES string of the molecule is CC(=O)[C@@H](OC(C)(C)C)c1c(C)cc2c(ccc(=O)n2Cc2cncs2)c1-c1ccc2c3c(ccnc13)CCO2. The van der Waals surface area contributed by atoms with E-state index in [-0.39, 0.29) is 11.3 Å². The predicted molar refractivity (Wildman–Crippen MR) is 158 cm³/mol. The van der Waals surface area contributed by atoms with E-state index in [1.807, 2.05) is 64.2 Å². The summed E-state index contributed by atoms with van der Waals surface area (Å²) in [5, 5.41) is 1.84. The van der Waals surface area contributed by atoms with E-state index in [4.69, 9.17) is 14.5 Å². The molecular formula is C32H31N3O4S. The normalized spacial score (nSPS) is 13.9. The maximum atomic E-state index is 13.2. The predicted octanol–water partition coefficient (Wildman–Crippen LogP) is 6.41. The number of hydrogen-bond acceptors (Lipinski definition) is 7. The first-order valence-electron chi connectivity index (χ1n) is 13.4. The molecule has 4 heterocycles. The zero-order chi connectivity index (χ0) is 28.2. The van der Waals surface area contributed by atoms with Crippen LogP contribution in [0.15, 0.2) is 59.1 Å². The Morgan fingerprint density at radius 2 is 2.02 bits per heavy atom. The number of hydrogen-bond donors (Lipinski definition) is 0. The largest absolute Gasteiger partial charge is 0.493 e. The van der Waals surface area contributed by atoms with Crippen LogP contribution in [0.5, 0.6) is 5.75 Å². The number of thiazole rings is 1. The number of carbonyl (C=O) groups is 1. The third-order valence-corrected chi connectivity index (χ3v) is 8.05. The van der Waals surface area contributed by atoms with Gasteiger partial charge in [-0.15, -0.1) is 11.3 Å². The summed E-state index contributed by atoms with van der Waals surface area (Å²) in [5.41, 5.74) is 7.26. The molecular weight excluding hydrogens is 522 g/mol. The topological polar surface area (TPSA) is 83.3 Å². The molecule has 40 heavy (non-hydrogen) atoms. The number of Topliss-reactive ketones (excluding diaryl/α,β-unsaturated/α-hetero) is 1. The molecule has 7 nitrogen and oxygen atoms in total. The van der Waals surface area contributed by atoms with E-state index in [0.717, 1.165) is 61.1 Å². The van der Waals surface area contributed by atoms with Crippen LogP contribution in [0.1, 0.15) is 55.4 Å². The molecule has 0 radical (unpaired) electrons. The Hall–Kier alpha value is -3.88. The van der Waals surface area contributed by atoms with Crippen molar-refractivity contribution in [3.8, 4) is 16.9 Å². The van der Waals surface area contributed by atoms with Crippen molar-refractivity contribution in [1.29, 1.82) is 0 Å². The van der Waals surface area contributed by atoms with Gasteiger partial charge in [-0.25, -0.2) is 0 Å². The number of ketones is 1. The van der Waals surface area contributed by atoms with Crippen LogP contribution in [0.3, 0.4) is 0 Å². The van der Waals surface area contributed by atoms with E-state index in [1.165, 1.54) is 16.9 Å². The third kappa shape index (κ3) is 4.61. The highest BCUT2D eigenvalue weighted by molar-refractivity contribution is 7.09. The van der Waals surface area contributed by atoms with Crippen molar-refractivity contribution in [3.05, 3.63) is 86.2 Å². The molecule has 0 bridgehead atoms. The number of fused-ring (bicyclic) bond motifs is 1. The fraction of sp³-hybridized carbons (Fsp3) is 0.312. The Morgan fingerprint density at radius 3 is 2.75 bits per heavy atom. The number of pyridine rings is 2. The summed E-state index contributed by atoms with van der Waals surface area (Å²) >= 11 is 1.51. The van der Waals surface area contributed by atoms with Gasteiger partial charge in [-0.1, -0.05) is 0 Å². The molecule has 0 spiro atoms. The average Bonchev–Trinajstić information content (AvgIpc) is 3.42. The zero-order valence-electron chi connectivity index (χ0n) is 23.3. The molecule has 0 N–H and O–H groups in total. The van der Waals surface area contributed by atoms with E-state index in [9.17, 15) is 9.59 Å². The maximum Gasteiger partial charge on any atom is 0.251 e. The number of nitrogens with zero attached hydrogens (tertiary/aromatic N) is 3. The molecule has 5 aromatic rings. The van der Waals surface area contributed by atoms with Gasteiger partial charge in [-0.05, 0) is 87.2 Å². The van der Waals surface area contributed by atoms with Gasteiger partial charge in [-0.2, -0.15) is 0 Å². The summed E-state index contributed by atoms with van der Waals surface area (Å²) in [6.45, 7) is 10.4. The monoisotopic (exact) mass is 553 g/mol. The van der Waals surface area contributed by atoms with Gasteiger partial charge in [-0.3, -0.25) is 19.6 Å². The summed E-state index contributed by atoms with van der Waals surface area (Å²) in [6.07, 6.45) is 3.62. The maximum absolute atomic E-state index is 13.2. The standard InChI is InChI=1S/C32H31N3O4S/c1-18-14-24-22(7-9-26(37)35(24)16-21-15-33-17-40-21)29(27(18)31(19(2)36)39-32(3,4)5)23-6-8-25-28-20(11-13-38-25)10-12-34-30(23)28/h6-10,12,14-15,17,31H,11,13,16H2,1-5H3/t31-/m1/s1. The van der Waals surface area contributed by atoms with Crippen LogP contribution in [0.25, 0.3) is 32.9 Å². The third-order valence-electron chi connectivity index (χ3n) is 7.28. The van der Waals surface area contributed by atoms with Gasteiger partial charge in [0.1, 0.15) is 11.9 Å². The van der Waals surface area contributed by atoms with Gasteiger partial charge in [0.05, 0.1) is 35.3 Å². The number of benzene rings is 2. The first kappa shape index (κ1) is 26.3. The quantitative estimate of drug-likeness (QED) is 0.242. The molecule has 3 aromatic heterocycles. The summed E-state index contributed by atoms with van der Waals surface area (Å²) < 4.78 is 14.2. The smallest absolute Gasteiger partial charge is 0.251 e. The van der Waals surface area contributed by atoms with Gasteiger partial charge in [0.25, 0.3) is 5.56 Å². The minimum atomic E-state index is -0.802. The van der Waals surface area contributed by atoms with Crippen molar-refractivity contribution in [2.24, 2.45) is 0 Å². The highest BCUT2D eigenvalue weighted by Crippen LogP contribution is 2.45. The molecule has 2 aromatic carbocycles. The highest BCUT2D eigenvalue weighted by Gasteiger charge is 2.31. The Bertz CT molecular complexity index is 1820. The Labute approximate surface area is 236 Å². The fourth-order valence-corrected chi connectivity index (χ4v) is 6.24. The van der Waals surface area contributed by atoms with Crippen LogP contribution < -0.4 is 10.3 Å². The number of aromatic nitrogens is 3. The molecule has 8 heteroatoms. The van der Waals surface area contributed by atoms with Crippen molar-refractivity contribution in [2.45, 2.75) is 59.3 Å². The van der Waals surface area contributed by atoms with Gasteiger partial charge < -0.3 is 14.0 Å². The van der Waals surface area contributed by atoms with E-state index in [0.29, 0.717) is 13.2 Å². The summed E-state index contributed by atoms with van der Waals surface area (Å²) in [7, 11) is 0. The molecule has 204 valence electrons. The molecule has 1 aliphatic heterocycles. The summed E-state index contributed by atoms with van der Waals surface area (Å²) in [4.78, 5) is 36.5. The number of carbonyl (C=O) groups excluding carboxylic acids is 1. The lowest BCUT2D eigenvalue weighted by molar-refractivity contribution is -0.138. The van der Waals surface area contributed by atoms with E-state index < -0.39 is 11.7 Å². The number of aryl methyl sites for hydroxylation is 1. The second-order valence-corrected chi connectivity index (χ2v) is 12.2. The summed E-state index contributed by atoms with van der Waals surface area (Å²) in [5.74, 6) is 0.721. The molecule has 0 amide bonds. The molecule has 0 unspecified atom stereocenters. The second-order valence-electron chi connectivity index (χ2n) is 11.3. The number of ether oxygens (including phenoxy) is 2. The minimum absolute atomic E-state index is 0.0874. The van der Waals surface area contributed by atoms with Crippen LogP contribution in [-0.4, -0.2) is 32.5 Å². The van der Waals surface area contributed by atoms with E-state index >= 15 is 0 Å². The van der Waals surface area contributed by atoms with Crippen LogP contribution in [0, 0.1) is 6.92 Å². The van der Waals surface area contributed by atoms with Crippen molar-refractivity contribution < 1.29 is 14.3 Å². The zero-order valence-corrected chi connectivity index (χ0v) is 24.1. The van der Waals surface area contributed by atoms with Crippen molar-refractivity contribution >= 4 is 38.9 Å². The molecule has 0 saturated heterocycles. The van der Waals surface area contributed by atoms with Crippen LogP contribution in [-0.2, 0) is 22.5 Å². The van der Waals surface area contributed by atoms with Crippen LogP contribution >= 0.6 is 11.3 Å². The Kier molecular flexibility index (Phi) is 6.55. The lowest BCUT2D eigenvalue weighted by atomic mass is 9.85. The summed E-state index contributed by atoms with van der Waals surface area (Å²) in [6, 6.07) is 11.5. The highest BCUT2D eigenvalue weighted by atomic mass is 32.1. The Morgan fingerprint density at radius 1 is 1.20 bits per heavy atom. The van der Waals surface area contributed by atoms with Crippen molar-refractivity contribution in [1.82, 2.24) is 14.5 Å². The molecule has 6 rings (SSSR count). The molecule has 0 saturated carbocycles. The number of rotatable bonds is 6. The first-order valence-corrected chi connectivity index (χ1v) is 14.3. The van der Waals surface area contributed by atoms with E-state index in [2.05, 4.69) is 4.98 Å². The molecule has 0 fully saturated rings. The Balaban J connectivity index is 1.74.